The number of rotatable bonds is 6. The van der Waals surface area contributed by atoms with E-state index in [0.717, 1.165) is 30.3 Å². The van der Waals surface area contributed by atoms with E-state index in [2.05, 4.69) is 0 Å². The highest BCUT2D eigenvalue weighted by molar-refractivity contribution is 7.11. The number of amides is 1. The SMILES string of the molecule is O=C(O)C=Cc1cc(C(=O)N(CC2CC2)C2CC2)cs1. The molecule has 1 amide bonds. The summed E-state index contributed by atoms with van der Waals surface area (Å²) < 4.78 is 0. The lowest BCUT2D eigenvalue weighted by molar-refractivity contribution is -0.131. The molecule has 1 heterocycles. The summed E-state index contributed by atoms with van der Waals surface area (Å²) in [6.07, 6.45) is 7.36. The van der Waals surface area contributed by atoms with Gasteiger partial charge in [0.25, 0.3) is 5.91 Å². The number of carboxylic acid groups (broad SMARTS) is 1. The van der Waals surface area contributed by atoms with E-state index < -0.39 is 5.97 Å². The van der Waals surface area contributed by atoms with Gasteiger partial charge in [0.15, 0.2) is 0 Å². The van der Waals surface area contributed by atoms with Gasteiger partial charge in [-0.1, -0.05) is 0 Å². The molecule has 20 heavy (non-hydrogen) atoms. The van der Waals surface area contributed by atoms with Crippen LogP contribution in [0.2, 0.25) is 0 Å². The Balaban J connectivity index is 1.70. The number of thiophene rings is 1. The fourth-order valence-corrected chi connectivity index (χ4v) is 3.01. The Hall–Kier alpha value is -1.62. The van der Waals surface area contributed by atoms with Gasteiger partial charge in [-0.05, 0) is 43.7 Å². The highest BCUT2D eigenvalue weighted by Crippen LogP contribution is 2.36. The average molecular weight is 291 g/mol. The van der Waals surface area contributed by atoms with Crippen molar-refractivity contribution < 1.29 is 14.7 Å². The van der Waals surface area contributed by atoms with Gasteiger partial charge in [-0.25, -0.2) is 4.79 Å². The minimum atomic E-state index is -0.973. The normalized spacial score (nSPS) is 18.4. The molecule has 106 valence electrons. The third-order valence-electron chi connectivity index (χ3n) is 3.66. The summed E-state index contributed by atoms with van der Waals surface area (Å²) in [5, 5.41) is 10.4. The van der Waals surface area contributed by atoms with Gasteiger partial charge in [-0.15, -0.1) is 11.3 Å². The van der Waals surface area contributed by atoms with Gasteiger partial charge in [0, 0.05) is 28.9 Å². The van der Waals surface area contributed by atoms with Gasteiger partial charge in [-0.2, -0.15) is 0 Å². The highest BCUT2D eigenvalue weighted by Gasteiger charge is 2.36. The van der Waals surface area contributed by atoms with Crippen molar-refractivity contribution in [3.8, 4) is 0 Å². The molecule has 2 aliphatic carbocycles. The molecule has 0 saturated heterocycles. The quantitative estimate of drug-likeness (QED) is 0.820. The minimum absolute atomic E-state index is 0.102. The minimum Gasteiger partial charge on any atom is -0.478 e. The Bertz CT molecular complexity index is 555. The van der Waals surface area contributed by atoms with E-state index >= 15 is 0 Å². The first-order chi connectivity index (χ1) is 9.63. The molecular formula is C15H17NO3S. The summed E-state index contributed by atoms with van der Waals surface area (Å²) in [4.78, 5) is 25.8. The number of nitrogens with zero attached hydrogens (tertiary/aromatic N) is 1. The van der Waals surface area contributed by atoms with Crippen molar-refractivity contribution in [1.82, 2.24) is 4.90 Å². The fraction of sp³-hybridized carbons (Fsp3) is 0.467. The van der Waals surface area contributed by atoms with Crippen molar-refractivity contribution in [3.63, 3.8) is 0 Å². The zero-order chi connectivity index (χ0) is 14.1. The molecule has 1 N–H and O–H groups in total. The summed E-state index contributed by atoms with van der Waals surface area (Å²) in [5.41, 5.74) is 0.688. The first-order valence-electron chi connectivity index (χ1n) is 6.94. The molecule has 1 aromatic heterocycles. The summed E-state index contributed by atoms with van der Waals surface area (Å²) in [6.45, 7) is 0.889. The van der Waals surface area contributed by atoms with Crippen LogP contribution in [0.25, 0.3) is 6.08 Å². The molecule has 0 atom stereocenters. The van der Waals surface area contributed by atoms with Crippen LogP contribution in [0, 0.1) is 5.92 Å². The fourth-order valence-electron chi connectivity index (χ4n) is 2.23. The molecule has 2 aliphatic rings. The predicted molar refractivity (Wildman–Crippen MR) is 77.8 cm³/mol. The molecule has 0 spiro atoms. The summed E-state index contributed by atoms with van der Waals surface area (Å²) in [5.74, 6) is -0.171. The number of carbonyl (C=O) groups excluding carboxylic acids is 1. The van der Waals surface area contributed by atoms with Crippen LogP contribution in [0.4, 0.5) is 0 Å². The molecule has 3 rings (SSSR count). The van der Waals surface area contributed by atoms with Crippen molar-refractivity contribution in [2.24, 2.45) is 5.92 Å². The average Bonchev–Trinajstić information content (AvgIpc) is 3.32. The van der Waals surface area contributed by atoms with Crippen molar-refractivity contribution in [3.05, 3.63) is 28.0 Å². The maximum Gasteiger partial charge on any atom is 0.328 e. The molecule has 2 saturated carbocycles. The number of aliphatic carboxylic acids is 1. The first-order valence-corrected chi connectivity index (χ1v) is 7.82. The molecule has 1 aromatic rings. The topological polar surface area (TPSA) is 57.6 Å². The van der Waals surface area contributed by atoms with Gasteiger partial charge in [0.2, 0.25) is 0 Å². The third kappa shape index (κ3) is 3.28. The van der Waals surface area contributed by atoms with E-state index in [0.29, 0.717) is 17.5 Å². The monoisotopic (exact) mass is 291 g/mol. The molecule has 2 fully saturated rings. The van der Waals surface area contributed by atoms with E-state index in [9.17, 15) is 9.59 Å². The summed E-state index contributed by atoms with van der Waals surface area (Å²) >= 11 is 1.41. The van der Waals surface area contributed by atoms with Crippen LogP contribution in [-0.4, -0.2) is 34.5 Å². The molecular weight excluding hydrogens is 274 g/mol. The Morgan fingerprint density at radius 3 is 2.70 bits per heavy atom. The number of hydrogen-bond donors (Lipinski definition) is 1. The lowest BCUT2D eigenvalue weighted by atomic mass is 10.2. The number of carboxylic acids is 1. The van der Waals surface area contributed by atoms with Crippen molar-refractivity contribution in [2.45, 2.75) is 31.7 Å². The van der Waals surface area contributed by atoms with Gasteiger partial charge in [0.05, 0.1) is 5.56 Å². The van der Waals surface area contributed by atoms with E-state index in [1.165, 1.54) is 30.3 Å². The van der Waals surface area contributed by atoms with Gasteiger partial charge < -0.3 is 10.0 Å². The van der Waals surface area contributed by atoms with E-state index in [1.807, 2.05) is 10.3 Å². The molecule has 0 radical (unpaired) electrons. The van der Waals surface area contributed by atoms with Crippen LogP contribution in [0.5, 0.6) is 0 Å². The van der Waals surface area contributed by atoms with Crippen molar-refractivity contribution in [1.29, 1.82) is 0 Å². The Labute approximate surface area is 121 Å². The van der Waals surface area contributed by atoms with Crippen LogP contribution in [0.3, 0.4) is 0 Å². The van der Waals surface area contributed by atoms with Gasteiger partial charge in [0.1, 0.15) is 0 Å². The van der Waals surface area contributed by atoms with Crippen molar-refractivity contribution >= 4 is 29.3 Å². The smallest absolute Gasteiger partial charge is 0.328 e. The van der Waals surface area contributed by atoms with Gasteiger partial charge >= 0.3 is 5.97 Å². The van der Waals surface area contributed by atoms with Gasteiger partial charge in [-0.3, -0.25) is 4.79 Å². The third-order valence-corrected chi connectivity index (χ3v) is 4.56. The van der Waals surface area contributed by atoms with Crippen molar-refractivity contribution in [2.75, 3.05) is 6.54 Å². The number of hydrogen-bond acceptors (Lipinski definition) is 3. The Morgan fingerprint density at radius 2 is 2.10 bits per heavy atom. The second kappa shape index (κ2) is 5.40. The Morgan fingerprint density at radius 1 is 1.35 bits per heavy atom. The molecule has 0 unspecified atom stereocenters. The molecule has 4 nitrogen and oxygen atoms in total. The van der Waals surface area contributed by atoms with Crippen LogP contribution in [0.1, 0.15) is 40.9 Å². The maximum atomic E-state index is 12.5. The zero-order valence-corrected chi connectivity index (χ0v) is 11.9. The maximum absolute atomic E-state index is 12.5. The highest BCUT2D eigenvalue weighted by atomic mass is 32.1. The predicted octanol–water partition coefficient (Wildman–Crippen LogP) is 2.86. The van der Waals surface area contributed by atoms with E-state index in [1.54, 1.807) is 6.07 Å². The van der Waals surface area contributed by atoms with Crippen LogP contribution < -0.4 is 0 Å². The molecule has 0 aliphatic heterocycles. The van der Waals surface area contributed by atoms with Crippen LogP contribution in [-0.2, 0) is 4.79 Å². The Kier molecular flexibility index (Phi) is 3.61. The second-order valence-corrected chi connectivity index (χ2v) is 6.48. The summed E-state index contributed by atoms with van der Waals surface area (Å²) in [7, 11) is 0. The molecule has 5 heteroatoms. The first kappa shape index (κ1) is 13.4. The molecule has 0 bridgehead atoms. The standard InChI is InChI=1S/C15H17NO3S/c17-14(18)6-5-13-7-11(9-20-13)15(19)16(12-3-4-12)8-10-1-2-10/h5-7,9-10,12H,1-4,8H2,(H,17,18). The van der Waals surface area contributed by atoms with E-state index in [4.69, 9.17) is 5.11 Å². The van der Waals surface area contributed by atoms with Crippen LogP contribution >= 0.6 is 11.3 Å². The largest absolute Gasteiger partial charge is 0.478 e. The summed E-state index contributed by atoms with van der Waals surface area (Å²) in [6, 6.07) is 2.22. The van der Waals surface area contributed by atoms with Crippen LogP contribution in [0.15, 0.2) is 17.5 Å². The zero-order valence-electron chi connectivity index (χ0n) is 11.1. The lowest BCUT2D eigenvalue weighted by Gasteiger charge is -2.21. The number of carbonyl (C=O) groups is 2. The second-order valence-electron chi connectivity index (χ2n) is 5.54. The molecule has 0 aromatic carbocycles. The lowest BCUT2D eigenvalue weighted by Crippen LogP contribution is -2.34. The van der Waals surface area contributed by atoms with E-state index in [-0.39, 0.29) is 5.91 Å².